The molecule has 0 bridgehead atoms. The number of nitrogens with zero attached hydrogens (tertiary/aromatic N) is 2. The predicted octanol–water partition coefficient (Wildman–Crippen LogP) is 0.544. The Labute approximate surface area is 89.9 Å². The normalized spacial score (nSPS) is 18.9. The van der Waals surface area contributed by atoms with E-state index in [1.54, 1.807) is 13.1 Å². The summed E-state index contributed by atoms with van der Waals surface area (Å²) in [7, 11) is 0. The molecule has 2 N–H and O–H groups in total. The summed E-state index contributed by atoms with van der Waals surface area (Å²) >= 11 is 0. The average Bonchev–Trinajstić information content (AvgIpc) is 2.30. The van der Waals surface area contributed by atoms with Crippen molar-refractivity contribution in [1.82, 2.24) is 10.3 Å². The molecule has 1 aliphatic heterocycles. The van der Waals surface area contributed by atoms with Crippen molar-refractivity contribution in [1.29, 1.82) is 0 Å². The molecule has 1 saturated heterocycles. The molecule has 0 spiro atoms. The van der Waals surface area contributed by atoms with Crippen molar-refractivity contribution in [2.24, 2.45) is 0 Å². The molecule has 1 fully saturated rings. The smallest absolute Gasteiger partial charge is 0.134 e. The first-order valence-corrected chi connectivity index (χ1v) is 5.37. The van der Waals surface area contributed by atoms with Gasteiger partial charge in [-0.3, -0.25) is 0 Å². The number of aliphatic hydroxyl groups is 1. The third-order valence-corrected chi connectivity index (χ3v) is 2.68. The van der Waals surface area contributed by atoms with Crippen molar-refractivity contribution in [2.75, 3.05) is 31.1 Å². The number of hydrogen-bond acceptors (Lipinski definition) is 4. The Morgan fingerprint density at radius 2 is 2.20 bits per heavy atom. The lowest BCUT2D eigenvalue weighted by molar-refractivity contribution is 0.199. The van der Waals surface area contributed by atoms with Crippen LogP contribution in [-0.4, -0.2) is 36.3 Å². The molecule has 4 nitrogen and oxygen atoms in total. The van der Waals surface area contributed by atoms with Gasteiger partial charge in [-0.25, -0.2) is 4.98 Å². The second-order valence-electron chi connectivity index (χ2n) is 3.83. The molecule has 1 aliphatic rings. The first-order chi connectivity index (χ1) is 7.29. The van der Waals surface area contributed by atoms with Crippen molar-refractivity contribution in [3.8, 4) is 0 Å². The maximum Gasteiger partial charge on any atom is 0.134 e. The van der Waals surface area contributed by atoms with Gasteiger partial charge < -0.3 is 15.3 Å². The Morgan fingerprint density at radius 1 is 1.47 bits per heavy atom. The first kappa shape index (κ1) is 10.4. The van der Waals surface area contributed by atoms with Crippen LogP contribution in [0, 0.1) is 0 Å². The molecule has 1 aromatic rings. The fraction of sp³-hybridized carbons (Fsp3) is 0.545. The number of nitrogens with one attached hydrogen (secondary N) is 1. The van der Waals surface area contributed by atoms with Gasteiger partial charge >= 0.3 is 0 Å². The van der Waals surface area contributed by atoms with Crippen LogP contribution in [0.3, 0.4) is 0 Å². The van der Waals surface area contributed by atoms with Crippen molar-refractivity contribution in [2.45, 2.75) is 13.0 Å². The molecule has 2 heterocycles. The minimum atomic E-state index is -0.455. The summed E-state index contributed by atoms with van der Waals surface area (Å²) in [5.74, 6) is 0.925. The topological polar surface area (TPSA) is 48.4 Å². The molecule has 15 heavy (non-hydrogen) atoms. The van der Waals surface area contributed by atoms with Crippen LogP contribution in [-0.2, 0) is 0 Å². The molecule has 0 unspecified atom stereocenters. The van der Waals surface area contributed by atoms with Gasteiger partial charge in [0.05, 0.1) is 6.10 Å². The highest BCUT2D eigenvalue weighted by atomic mass is 16.3. The van der Waals surface area contributed by atoms with Crippen LogP contribution in [0.25, 0.3) is 0 Å². The van der Waals surface area contributed by atoms with Crippen LogP contribution in [0.1, 0.15) is 18.6 Å². The van der Waals surface area contributed by atoms with Crippen molar-refractivity contribution < 1.29 is 5.11 Å². The summed E-state index contributed by atoms with van der Waals surface area (Å²) in [5, 5.41) is 13.0. The largest absolute Gasteiger partial charge is 0.389 e. The Hall–Kier alpha value is -1.13. The van der Waals surface area contributed by atoms with Gasteiger partial charge in [0.25, 0.3) is 0 Å². The van der Waals surface area contributed by atoms with Gasteiger partial charge in [-0.15, -0.1) is 0 Å². The Balaban J connectivity index is 2.25. The number of anilines is 1. The molecule has 82 valence electrons. The quantitative estimate of drug-likeness (QED) is 0.743. The Bertz CT molecular complexity index is 321. The number of aliphatic hydroxyl groups excluding tert-OH is 1. The number of piperazine rings is 1. The molecule has 0 saturated carbocycles. The zero-order valence-electron chi connectivity index (χ0n) is 8.98. The SMILES string of the molecule is C[C@H](O)c1cccnc1N1CCNCC1. The standard InChI is InChI=1S/C11H17N3O/c1-9(15)10-3-2-4-13-11(10)14-7-5-12-6-8-14/h2-4,9,12,15H,5-8H2,1H3/t9-/m0/s1. The lowest BCUT2D eigenvalue weighted by Gasteiger charge is -2.30. The first-order valence-electron chi connectivity index (χ1n) is 5.37. The van der Waals surface area contributed by atoms with Gasteiger partial charge in [-0.2, -0.15) is 0 Å². The molecular formula is C11H17N3O. The second kappa shape index (κ2) is 4.59. The van der Waals surface area contributed by atoms with Gasteiger partial charge in [0.2, 0.25) is 0 Å². The predicted molar refractivity (Wildman–Crippen MR) is 60.0 cm³/mol. The molecule has 1 aromatic heterocycles. The van der Waals surface area contributed by atoms with Gasteiger partial charge in [0, 0.05) is 37.9 Å². The third-order valence-electron chi connectivity index (χ3n) is 2.68. The van der Waals surface area contributed by atoms with E-state index >= 15 is 0 Å². The molecule has 0 aliphatic carbocycles. The fourth-order valence-electron chi connectivity index (χ4n) is 1.88. The molecule has 0 aromatic carbocycles. The maximum absolute atomic E-state index is 9.65. The van der Waals surface area contributed by atoms with Crippen LogP contribution in [0.15, 0.2) is 18.3 Å². The van der Waals surface area contributed by atoms with Crippen molar-refractivity contribution in [3.05, 3.63) is 23.9 Å². The number of pyridine rings is 1. The van der Waals surface area contributed by atoms with E-state index in [9.17, 15) is 5.11 Å². The van der Waals surface area contributed by atoms with E-state index in [2.05, 4.69) is 15.2 Å². The summed E-state index contributed by atoms with van der Waals surface area (Å²) in [6, 6.07) is 3.81. The van der Waals surface area contributed by atoms with E-state index in [0.29, 0.717) is 0 Å². The zero-order valence-corrected chi connectivity index (χ0v) is 8.98. The third kappa shape index (κ3) is 2.27. The second-order valence-corrected chi connectivity index (χ2v) is 3.83. The van der Waals surface area contributed by atoms with Crippen LogP contribution < -0.4 is 10.2 Å². The summed E-state index contributed by atoms with van der Waals surface area (Å²) in [4.78, 5) is 6.58. The maximum atomic E-state index is 9.65. The highest BCUT2D eigenvalue weighted by molar-refractivity contribution is 5.48. The lowest BCUT2D eigenvalue weighted by atomic mass is 10.1. The molecular weight excluding hydrogens is 190 g/mol. The van der Waals surface area contributed by atoms with Gasteiger partial charge in [-0.1, -0.05) is 6.07 Å². The van der Waals surface area contributed by atoms with Crippen molar-refractivity contribution >= 4 is 5.82 Å². The van der Waals surface area contributed by atoms with Crippen LogP contribution in [0.5, 0.6) is 0 Å². The van der Waals surface area contributed by atoms with Gasteiger partial charge in [-0.05, 0) is 13.0 Å². The number of aromatic nitrogens is 1. The van der Waals surface area contributed by atoms with E-state index in [1.807, 2.05) is 12.1 Å². The minimum absolute atomic E-state index is 0.455. The fourth-order valence-corrected chi connectivity index (χ4v) is 1.88. The van der Waals surface area contributed by atoms with E-state index in [4.69, 9.17) is 0 Å². The van der Waals surface area contributed by atoms with E-state index in [1.165, 1.54) is 0 Å². The van der Waals surface area contributed by atoms with Crippen molar-refractivity contribution in [3.63, 3.8) is 0 Å². The Morgan fingerprint density at radius 3 is 2.87 bits per heavy atom. The summed E-state index contributed by atoms with van der Waals surface area (Å²) in [6.45, 7) is 5.65. The highest BCUT2D eigenvalue weighted by Crippen LogP contribution is 2.23. The summed E-state index contributed by atoms with van der Waals surface area (Å²) in [5.41, 5.74) is 0.916. The minimum Gasteiger partial charge on any atom is -0.389 e. The van der Waals surface area contributed by atoms with Gasteiger partial charge in [0.1, 0.15) is 5.82 Å². The summed E-state index contributed by atoms with van der Waals surface area (Å²) < 4.78 is 0. The molecule has 1 atom stereocenters. The number of hydrogen-bond donors (Lipinski definition) is 2. The monoisotopic (exact) mass is 207 g/mol. The zero-order chi connectivity index (χ0) is 10.7. The van der Waals surface area contributed by atoms with Gasteiger partial charge in [0.15, 0.2) is 0 Å². The molecule has 4 heteroatoms. The van der Waals surface area contributed by atoms with E-state index < -0.39 is 6.10 Å². The van der Waals surface area contributed by atoms with Crippen LogP contribution in [0.2, 0.25) is 0 Å². The average molecular weight is 207 g/mol. The highest BCUT2D eigenvalue weighted by Gasteiger charge is 2.16. The van der Waals surface area contributed by atoms with Crippen LogP contribution >= 0.6 is 0 Å². The lowest BCUT2D eigenvalue weighted by Crippen LogP contribution is -2.44. The van der Waals surface area contributed by atoms with Crippen LogP contribution in [0.4, 0.5) is 5.82 Å². The Kier molecular flexibility index (Phi) is 3.18. The van der Waals surface area contributed by atoms with E-state index in [0.717, 1.165) is 37.6 Å². The molecule has 0 radical (unpaired) electrons. The van der Waals surface area contributed by atoms with E-state index in [-0.39, 0.29) is 0 Å². The number of rotatable bonds is 2. The molecule has 0 amide bonds. The molecule has 2 rings (SSSR count). The summed E-state index contributed by atoms with van der Waals surface area (Å²) in [6.07, 6.45) is 1.33.